The maximum absolute atomic E-state index is 11.3. The van der Waals surface area contributed by atoms with Gasteiger partial charge in [-0.2, -0.15) is 0 Å². The third kappa shape index (κ3) is 6.60. The molecule has 21 heavy (non-hydrogen) atoms. The van der Waals surface area contributed by atoms with Crippen LogP contribution in [-0.4, -0.2) is 37.6 Å². The molecular weight excluding hydrogens is 403 g/mol. The van der Waals surface area contributed by atoms with Crippen molar-refractivity contribution in [1.82, 2.24) is 15.6 Å². The van der Waals surface area contributed by atoms with E-state index in [1.54, 1.807) is 25.3 Å². The number of nitrogens with one attached hydrogen (secondary N) is 2. The number of methoxy groups -OCH3 is 1. The lowest BCUT2D eigenvalue weighted by atomic mass is 10.2. The van der Waals surface area contributed by atoms with E-state index in [4.69, 9.17) is 0 Å². The summed E-state index contributed by atoms with van der Waals surface area (Å²) in [5.74, 6) is 0.188. The Morgan fingerprint density at radius 3 is 2.57 bits per heavy atom. The second-order valence-electron chi connectivity index (χ2n) is 4.48. The van der Waals surface area contributed by atoms with E-state index in [0.29, 0.717) is 19.0 Å². The molecule has 0 aliphatic rings. The number of aliphatic imine (C=N–C) groups is 1. The predicted molar refractivity (Wildman–Crippen MR) is 96.4 cm³/mol. The first-order valence-corrected chi connectivity index (χ1v) is 7.24. The number of esters is 1. The molecule has 1 aromatic heterocycles. The first-order chi connectivity index (χ1) is 9.47. The van der Waals surface area contributed by atoms with E-state index in [-0.39, 0.29) is 35.9 Å². The SMILES string of the molecule is CN=C(NCc1nc(C)c(C)s1)NCC(C)C(=O)OC.I. The molecule has 120 valence electrons. The molecule has 0 spiro atoms. The van der Waals surface area contributed by atoms with Crippen LogP contribution in [0.4, 0.5) is 0 Å². The highest BCUT2D eigenvalue weighted by Crippen LogP contribution is 2.15. The van der Waals surface area contributed by atoms with Crippen molar-refractivity contribution >= 4 is 47.2 Å². The highest BCUT2D eigenvalue weighted by Gasteiger charge is 2.13. The van der Waals surface area contributed by atoms with Crippen molar-refractivity contribution in [2.45, 2.75) is 27.3 Å². The largest absolute Gasteiger partial charge is 0.469 e. The van der Waals surface area contributed by atoms with E-state index in [2.05, 4.69) is 32.3 Å². The lowest BCUT2D eigenvalue weighted by molar-refractivity contribution is -0.144. The molecule has 0 radical (unpaired) electrons. The van der Waals surface area contributed by atoms with Gasteiger partial charge in [-0.25, -0.2) is 4.98 Å². The normalized spacial score (nSPS) is 12.3. The van der Waals surface area contributed by atoms with Crippen molar-refractivity contribution < 1.29 is 9.53 Å². The Bertz CT molecular complexity index is 471. The van der Waals surface area contributed by atoms with Crippen LogP contribution < -0.4 is 10.6 Å². The van der Waals surface area contributed by atoms with Crippen LogP contribution in [0.15, 0.2) is 4.99 Å². The molecular formula is C13H23IN4O2S. The number of hydrogen-bond donors (Lipinski definition) is 2. The highest BCUT2D eigenvalue weighted by atomic mass is 127. The Labute approximate surface area is 146 Å². The number of hydrogen-bond acceptors (Lipinski definition) is 5. The topological polar surface area (TPSA) is 75.6 Å². The van der Waals surface area contributed by atoms with Crippen LogP contribution >= 0.6 is 35.3 Å². The molecule has 0 amide bonds. The van der Waals surface area contributed by atoms with Gasteiger partial charge in [0, 0.05) is 18.5 Å². The number of ether oxygens (including phenoxy) is 1. The summed E-state index contributed by atoms with van der Waals surface area (Å²) >= 11 is 1.67. The number of carbonyl (C=O) groups excluding carboxylic acids is 1. The number of guanidine groups is 1. The van der Waals surface area contributed by atoms with Gasteiger partial charge in [-0.1, -0.05) is 6.92 Å². The summed E-state index contributed by atoms with van der Waals surface area (Å²) in [4.78, 5) is 21.1. The van der Waals surface area contributed by atoms with E-state index in [9.17, 15) is 4.79 Å². The van der Waals surface area contributed by atoms with Gasteiger partial charge in [0.15, 0.2) is 5.96 Å². The van der Waals surface area contributed by atoms with E-state index in [1.807, 2.05) is 6.92 Å². The maximum atomic E-state index is 11.3. The van der Waals surface area contributed by atoms with E-state index < -0.39 is 0 Å². The molecule has 0 fully saturated rings. The van der Waals surface area contributed by atoms with Crippen molar-refractivity contribution in [2.75, 3.05) is 20.7 Å². The Morgan fingerprint density at radius 1 is 1.43 bits per heavy atom. The number of carbonyl (C=O) groups is 1. The van der Waals surface area contributed by atoms with Crippen LogP contribution in [0.25, 0.3) is 0 Å². The van der Waals surface area contributed by atoms with Crippen LogP contribution in [0.2, 0.25) is 0 Å². The quantitative estimate of drug-likeness (QED) is 0.325. The minimum absolute atomic E-state index is 0. The molecule has 1 unspecified atom stereocenters. The lowest BCUT2D eigenvalue weighted by Gasteiger charge is -2.14. The zero-order chi connectivity index (χ0) is 15.1. The summed E-state index contributed by atoms with van der Waals surface area (Å²) in [6.45, 7) is 6.95. The van der Waals surface area contributed by atoms with Crippen molar-refractivity contribution in [1.29, 1.82) is 0 Å². The summed E-state index contributed by atoms with van der Waals surface area (Å²) in [7, 11) is 3.08. The smallest absolute Gasteiger partial charge is 0.310 e. The average molecular weight is 426 g/mol. The van der Waals surface area contributed by atoms with Crippen molar-refractivity contribution in [3.8, 4) is 0 Å². The fourth-order valence-corrected chi connectivity index (χ4v) is 2.40. The molecule has 0 saturated carbocycles. The zero-order valence-corrected chi connectivity index (χ0v) is 16.2. The Morgan fingerprint density at radius 2 is 2.10 bits per heavy atom. The van der Waals surface area contributed by atoms with E-state index >= 15 is 0 Å². The first-order valence-electron chi connectivity index (χ1n) is 6.43. The third-order valence-corrected chi connectivity index (χ3v) is 3.96. The van der Waals surface area contributed by atoms with Gasteiger partial charge >= 0.3 is 5.97 Å². The second kappa shape index (κ2) is 9.93. The number of thiazole rings is 1. The molecule has 8 heteroatoms. The number of aromatic nitrogens is 1. The van der Waals surface area contributed by atoms with Crippen LogP contribution in [0.1, 0.15) is 22.5 Å². The average Bonchev–Trinajstić information content (AvgIpc) is 2.76. The first kappa shape index (κ1) is 20.1. The maximum Gasteiger partial charge on any atom is 0.310 e. The van der Waals surface area contributed by atoms with Crippen LogP contribution in [0.5, 0.6) is 0 Å². The van der Waals surface area contributed by atoms with Gasteiger partial charge in [-0.3, -0.25) is 9.79 Å². The minimum atomic E-state index is -0.237. The van der Waals surface area contributed by atoms with Gasteiger partial charge in [-0.05, 0) is 13.8 Å². The summed E-state index contributed by atoms with van der Waals surface area (Å²) in [6, 6.07) is 0. The predicted octanol–water partition coefficient (Wildman–Crippen LogP) is 1.85. The molecule has 0 aliphatic carbocycles. The molecule has 0 aliphatic heterocycles. The van der Waals surface area contributed by atoms with Gasteiger partial charge in [0.2, 0.25) is 0 Å². The molecule has 1 aromatic rings. The van der Waals surface area contributed by atoms with Gasteiger partial charge < -0.3 is 15.4 Å². The van der Waals surface area contributed by atoms with Crippen molar-refractivity contribution in [3.05, 3.63) is 15.6 Å². The zero-order valence-electron chi connectivity index (χ0n) is 13.0. The Kier molecular flexibility index (Phi) is 9.51. The van der Waals surface area contributed by atoms with E-state index in [0.717, 1.165) is 10.7 Å². The number of nitrogens with zero attached hydrogens (tertiary/aromatic N) is 2. The lowest BCUT2D eigenvalue weighted by Crippen LogP contribution is -2.40. The number of aryl methyl sites for hydroxylation is 2. The van der Waals surface area contributed by atoms with E-state index in [1.165, 1.54) is 12.0 Å². The fourth-order valence-electron chi connectivity index (χ4n) is 1.53. The minimum Gasteiger partial charge on any atom is -0.469 e. The van der Waals surface area contributed by atoms with Gasteiger partial charge in [0.1, 0.15) is 5.01 Å². The van der Waals surface area contributed by atoms with Crippen LogP contribution in [-0.2, 0) is 16.1 Å². The summed E-state index contributed by atoms with van der Waals surface area (Å²) in [5, 5.41) is 7.28. The number of halogens is 1. The molecule has 1 rings (SSSR count). The Balaban J connectivity index is 0.00000400. The summed E-state index contributed by atoms with van der Waals surface area (Å²) in [5.41, 5.74) is 1.06. The molecule has 0 saturated heterocycles. The molecule has 6 nitrogen and oxygen atoms in total. The van der Waals surface area contributed by atoms with Gasteiger partial charge in [0.25, 0.3) is 0 Å². The van der Waals surface area contributed by atoms with Crippen LogP contribution in [0.3, 0.4) is 0 Å². The standard InChI is InChI=1S/C13H22N4O2S.HI/c1-8(12(18)19-5)6-15-13(14-4)16-7-11-17-9(2)10(3)20-11;/h8H,6-7H2,1-5H3,(H2,14,15,16);1H. The molecule has 1 atom stereocenters. The van der Waals surface area contributed by atoms with Gasteiger partial charge in [0.05, 0.1) is 25.3 Å². The monoisotopic (exact) mass is 426 g/mol. The van der Waals surface area contributed by atoms with Crippen molar-refractivity contribution in [2.24, 2.45) is 10.9 Å². The van der Waals surface area contributed by atoms with Gasteiger partial charge in [-0.15, -0.1) is 35.3 Å². The molecule has 1 heterocycles. The third-order valence-electron chi connectivity index (χ3n) is 2.88. The van der Waals surface area contributed by atoms with Crippen LogP contribution in [0, 0.1) is 19.8 Å². The highest BCUT2D eigenvalue weighted by molar-refractivity contribution is 14.0. The fraction of sp³-hybridized carbons (Fsp3) is 0.615. The molecule has 2 N–H and O–H groups in total. The molecule has 0 bridgehead atoms. The summed E-state index contributed by atoms with van der Waals surface area (Å²) < 4.78 is 4.68. The second-order valence-corrected chi connectivity index (χ2v) is 5.77. The van der Waals surface area contributed by atoms with Crippen molar-refractivity contribution in [3.63, 3.8) is 0 Å². The summed E-state index contributed by atoms with van der Waals surface area (Å²) in [6.07, 6.45) is 0. The Hall–Kier alpha value is -0.900. The number of rotatable bonds is 5. The molecule has 0 aromatic carbocycles.